The Balaban J connectivity index is 2.16. The maximum absolute atomic E-state index is 6.17. The second-order valence-corrected chi connectivity index (χ2v) is 7.12. The van der Waals surface area contributed by atoms with Gasteiger partial charge in [-0.05, 0) is 49.3 Å². The van der Waals surface area contributed by atoms with Crippen LogP contribution in [-0.2, 0) is 9.47 Å². The predicted molar refractivity (Wildman–Crippen MR) is 97.2 cm³/mol. The van der Waals surface area contributed by atoms with Gasteiger partial charge in [0.2, 0.25) is 0 Å². The summed E-state index contributed by atoms with van der Waals surface area (Å²) in [6, 6.07) is 0. The van der Waals surface area contributed by atoms with Gasteiger partial charge in [-0.25, -0.2) is 0 Å². The molecule has 128 valence electrons. The first kappa shape index (κ1) is 18.2. The second kappa shape index (κ2) is 8.12. The third-order valence-corrected chi connectivity index (χ3v) is 5.34. The summed E-state index contributed by atoms with van der Waals surface area (Å²) in [4.78, 5) is 0. The molecule has 2 rings (SSSR count). The van der Waals surface area contributed by atoms with E-state index >= 15 is 0 Å². The SMILES string of the molecule is CC=CC1=CC(C=CC)=C(C2OCC(C)(C(C)CC)CO2)CC1. The van der Waals surface area contributed by atoms with E-state index < -0.39 is 0 Å². The topological polar surface area (TPSA) is 18.5 Å². The average molecular weight is 316 g/mol. The van der Waals surface area contributed by atoms with Crippen LogP contribution in [0, 0.1) is 11.3 Å². The highest BCUT2D eigenvalue weighted by molar-refractivity contribution is 5.45. The lowest BCUT2D eigenvalue weighted by atomic mass is 9.77. The van der Waals surface area contributed by atoms with E-state index in [-0.39, 0.29) is 11.7 Å². The first-order valence-corrected chi connectivity index (χ1v) is 8.96. The number of rotatable bonds is 5. The van der Waals surface area contributed by atoms with Crippen LogP contribution in [0.1, 0.15) is 53.9 Å². The Hall–Kier alpha value is -1.12. The minimum Gasteiger partial charge on any atom is -0.348 e. The number of ether oxygens (including phenoxy) is 2. The van der Waals surface area contributed by atoms with Gasteiger partial charge in [-0.1, -0.05) is 57.6 Å². The minimum absolute atomic E-state index is 0.132. The largest absolute Gasteiger partial charge is 0.348 e. The summed E-state index contributed by atoms with van der Waals surface area (Å²) in [5, 5.41) is 0. The van der Waals surface area contributed by atoms with Crippen LogP contribution in [-0.4, -0.2) is 19.5 Å². The third kappa shape index (κ3) is 4.24. The fourth-order valence-electron chi connectivity index (χ4n) is 3.32. The van der Waals surface area contributed by atoms with Gasteiger partial charge in [-0.15, -0.1) is 0 Å². The zero-order chi connectivity index (χ0) is 16.9. The molecule has 1 aliphatic heterocycles. The van der Waals surface area contributed by atoms with Crippen molar-refractivity contribution in [3.8, 4) is 0 Å². The van der Waals surface area contributed by atoms with E-state index in [1.165, 1.54) is 16.7 Å². The molecule has 1 saturated heterocycles. The van der Waals surface area contributed by atoms with Crippen LogP contribution in [0.15, 0.2) is 47.1 Å². The molecule has 1 atom stereocenters. The maximum atomic E-state index is 6.17. The van der Waals surface area contributed by atoms with Gasteiger partial charge in [-0.2, -0.15) is 0 Å². The highest BCUT2D eigenvalue weighted by Gasteiger charge is 2.38. The summed E-state index contributed by atoms with van der Waals surface area (Å²) in [5.74, 6) is 0.611. The highest BCUT2D eigenvalue weighted by atomic mass is 16.7. The lowest BCUT2D eigenvalue weighted by Crippen LogP contribution is -2.44. The quantitative estimate of drug-likeness (QED) is 0.659. The van der Waals surface area contributed by atoms with Crippen molar-refractivity contribution in [3.63, 3.8) is 0 Å². The Morgan fingerprint density at radius 1 is 1.17 bits per heavy atom. The molecule has 2 nitrogen and oxygen atoms in total. The Bertz CT molecular complexity index is 514. The summed E-state index contributed by atoms with van der Waals surface area (Å²) < 4.78 is 12.3. The fourth-order valence-corrected chi connectivity index (χ4v) is 3.32. The molecule has 1 unspecified atom stereocenters. The number of hydrogen-bond donors (Lipinski definition) is 0. The van der Waals surface area contributed by atoms with Crippen molar-refractivity contribution < 1.29 is 9.47 Å². The van der Waals surface area contributed by atoms with E-state index in [1.54, 1.807) is 0 Å². The molecule has 1 fully saturated rings. The first-order chi connectivity index (χ1) is 11.0. The van der Waals surface area contributed by atoms with Crippen molar-refractivity contribution in [2.24, 2.45) is 11.3 Å². The van der Waals surface area contributed by atoms with Gasteiger partial charge < -0.3 is 9.47 Å². The summed E-state index contributed by atoms with van der Waals surface area (Å²) in [6.07, 6.45) is 13.9. The Kier molecular flexibility index (Phi) is 6.43. The normalized spacial score (nSPS) is 31.0. The van der Waals surface area contributed by atoms with E-state index in [0.717, 1.165) is 32.5 Å². The summed E-state index contributed by atoms with van der Waals surface area (Å²) in [7, 11) is 0. The average Bonchev–Trinajstić information content (AvgIpc) is 2.56. The molecular weight excluding hydrogens is 284 g/mol. The molecular formula is C21H32O2. The summed E-state index contributed by atoms with van der Waals surface area (Å²) >= 11 is 0. The maximum Gasteiger partial charge on any atom is 0.180 e. The molecule has 0 aromatic carbocycles. The molecule has 0 saturated carbocycles. The van der Waals surface area contributed by atoms with Crippen molar-refractivity contribution in [2.75, 3.05) is 13.2 Å². The second-order valence-electron chi connectivity index (χ2n) is 7.12. The van der Waals surface area contributed by atoms with Gasteiger partial charge in [0.15, 0.2) is 6.29 Å². The summed E-state index contributed by atoms with van der Waals surface area (Å²) in [6.45, 7) is 12.5. The molecule has 23 heavy (non-hydrogen) atoms. The highest BCUT2D eigenvalue weighted by Crippen LogP contribution is 2.38. The van der Waals surface area contributed by atoms with Crippen molar-refractivity contribution in [1.29, 1.82) is 0 Å². The van der Waals surface area contributed by atoms with Crippen molar-refractivity contribution in [3.05, 3.63) is 47.1 Å². The molecule has 0 aromatic heterocycles. The Labute approximate surface area is 141 Å². The molecule has 1 aliphatic carbocycles. The molecule has 0 amide bonds. The van der Waals surface area contributed by atoms with Gasteiger partial charge in [0, 0.05) is 5.41 Å². The third-order valence-electron chi connectivity index (χ3n) is 5.34. The molecule has 0 N–H and O–H groups in total. The first-order valence-electron chi connectivity index (χ1n) is 8.96. The summed E-state index contributed by atoms with van der Waals surface area (Å²) in [5.41, 5.74) is 4.06. The van der Waals surface area contributed by atoms with Crippen LogP contribution in [0.4, 0.5) is 0 Å². The zero-order valence-corrected chi connectivity index (χ0v) is 15.4. The van der Waals surface area contributed by atoms with E-state index in [9.17, 15) is 0 Å². The molecule has 0 bridgehead atoms. The van der Waals surface area contributed by atoms with Crippen LogP contribution in [0.5, 0.6) is 0 Å². The Morgan fingerprint density at radius 2 is 1.83 bits per heavy atom. The van der Waals surface area contributed by atoms with Crippen molar-refractivity contribution in [1.82, 2.24) is 0 Å². The molecule has 1 heterocycles. The van der Waals surface area contributed by atoms with E-state index in [0.29, 0.717) is 5.92 Å². The molecule has 0 spiro atoms. The van der Waals surface area contributed by atoms with E-state index in [2.05, 4.69) is 65.0 Å². The molecule has 2 aliphatic rings. The lowest BCUT2D eigenvalue weighted by molar-refractivity contribution is -0.220. The fraction of sp³-hybridized carbons (Fsp3) is 0.619. The zero-order valence-electron chi connectivity index (χ0n) is 15.4. The van der Waals surface area contributed by atoms with Gasteiger partial charge >= 0.3 is 0 Å². The van der Waals surface area contributed by atoms with Crippen LogP contribution in [0.2, 0.25) is 0 Å². The standard InChI is InChI=1S/C21H32O2/c1-6-9-17-11-12-19(18(13-17)10-7-2)20-22-14-21(5,15-23-20)16(4)8-3/h6-7,9-10,13,16,20H,8,11-12,14-15H2,1-5H3. The minimum atomic E-state index is -0.179. The van der Waals surface area contributed by atoms with Crippen LogP contribution in [0.3, 0.4) is 0 Å². The van der Waals surface area contributed by atoms with E-state index in [4.69, 9.17) is 9.47 Å². The van der Waals surface area contributed by atoms with Crippen LogP contribution >= 0.6 is 0 Å². The van der Waals surface area contributed by atoms with Gasteiger partial charge in [0.1, 0.15) is 0 Å². The van der Waals surface area contributed by atoms with E-state index in [1.807, 2.05) is 0 Å². The van der Waals surface area contributed by atoms with Gasteiger partial charge in [0.05, 0.1) is 13.2 Å². The smallest absolute Gasteiger partial charge is 0.180 e. The number of allylic oxidation sites excluding steroid dienone is 7. The van der Waals surface area contributed by atoms with Gasteiger partial charge in [0.25, 0.3) is 0 Å². The lowest BCUT2D eigenvalue weighted by Gasteiger charge is -2.42. The van der Waals surface area contributed by atoms with Crippen LogP contribution < -0.4 is 0 Å². The van der Waals surface area contributed by atoms with Crippen molar-refractivity contribution >= 4 is 0 Å². The van der Waals surface area contributed by atoms with Crippen LogP contribution in [0.25, 0.3) is 0 Å². The predicted octanol–water partition coefficient (Wildman–Crippen LogP) is 5.58. The van der Waals surface area contributed by atoms with Crippen molar-refractivity contribution in [2.45, 2.75) is 60.2 Å². The molecule has 2 heteroatoms. The Morgan fingerprint density at radius 3 is 2.39 bits per heavy atom. The molecule has 0 radical (unpaired) electrons. The molecule has 0 aromatic rings. The van der Waals surface area contributed by atoms with Gasteiger partial charge in [-0.3, -0.25) is 0 Å². The monoisotopic (exact) mass is 316 g/mol. The number of hydrogen-bond acceptors (Lipinski definition) is 2.